The van der Waals surface area contributed by atoms with E-state index >= 15 is 9.59 Å². The summed E-state index contributed by atoms with van der Waals surface area (Å²) in [6.07, 6.45) is 2.22. The van der Waals surface area contributed by atoms with Crippen LogP contribution in [-0.4, -0.2) is 238 Å². The lowest BCUT2D eigenvalue weighted by molar-refractivity contribution is -0.157. The van der Waals surface area contributed by atoms with Crippen LogP contribution in [-0.2, 0) is 52.7 Å². The highest BCUT2D eigenvalue weighted by molar-refractivity contribution is 5.99. The second-order valence-corrected chi connectivity index (χ2v) is 26.2. The maximum Gasteiger partial charge on any atom is 0.246 e. The number of carbonyl (C=O) groups is 11. The molecule has 0 radical (unpaired) electrons. The summed E-state index contributed by atoms with van der Waals surface area (Å²) in [6, 6.07) is -12.5. The van der Waals surface area contributed by atoms with Gasteiger partial charge in [0.05, 0.1) is 19.3 Å². The average Bonchev–Trinajstić information content (AvgIpc) is 1.45. The van der Waals surface area contributed by atoms with Gasteiger partial charge in [0.25, 0.3) is 0 Å². The smallest absolute Gasteiger partial charge is 0.246 e. The Morgan fingerprint density at radius 2 is 0.872 bits per heavy atom. The molecule has 0 saturated carbocycles. The Balaban J connectivity index is 4.33. The fourth-order valence-electron chi connectivity index (χ4n) is 10.7. The number of aliphatic hydroxyl groups excluding tert-OH is 2. The molecule has 1 heterocycles. The lowest BCUT2D eigenvalue weighted by Crippen LogP contribution is -2.63. The summed E-state index contributed by atoms with van der Waals surface area (Å²) < 4.78 is 0. The second kappa shape index (κ2) is 35.6. The van der Waals surface area contributed by atoms with Gasteiger partial charge < -0.3 is 65.8 Å². The maximum atomic E-state index is 15.1. The van der Waals surface area contributed by atoms with E-state index in [1.807, 2.05) is 55.4 Å². The predicted molar refractivity (Wildman–Crippen MR) is 330 cm³/mol. The van der Waals surface area contributed by atoms with Crippen LogP contribution < -0.4 is 21.3 Å². The molecule has 0 aromatic carbocycles. The molecule has 11 amide bonds. The van der Waals surface area contributed by atoms with Gasteiger partial charge in [0.1, 0.15) is 60.4 Å². The van der Waals surface area contributed by atoms with Crippen molar-refractivity contribution in [2.24, 2.45) is 41.4 Å². The quantitative estimate of drug-likeness (QED) is 0.121. The highest BCUT2D eigenvalue weighted by Gasteiger charge is 2.45. The third kappa shape index (κ3) is 21.9. The number of nitrogens with zero attached hydrogens (tertiary/aromatic N) is 7. The minimum atomic E-state index is -1.67. The molecule has 12 atom stereocenters. The van der Waals surface area contributed by atoms with E-state index in [9.17, 15) is 53.4 Å². The molecule has 86 heavy (non-hydrogen) atoms. The lowest BCUT2D eigenvalue weighted by atomic mass is 9.91. The first-order chi connectivity index (χ1) is 39.7. The van der Waals surface area contributed by atoms with E-state index in [-0.39, 0.29) is 68.8 Å². The van der Waals surface area contributed by atoms with Gasteiger partial charge >= 0.3 is 0 Å². The minimum absolute atomic E-state index is 0.00425. The van der Waals surface area contributed by atoms with Crippen LogP contribution in [0.2, 0.25) is 0 Å². The normalized spacial score (nSPS) is 26.7. The number of aliphatic hydroxyl groups is 2. The zero-order chi connectivity index (χ0) is 66.7. The van der Waals surface area contributed by atoms with Gasteiger partial charge in [-0.1, -0.05) is 109 Å². The van der Waals surface area contributed by atoms with Gasteiger partial charge in [0.15, 0.2) is 0 Å². The van der Waals surface area contributed by atoms with Crippen molar-refractivity contribution in [3.8, 4) is 0 Å². The van der Waals surface area contributed by atoms with E-state index in [4.69, 9.17) is 0 Å². The number of rotatable bonds is 16. The average molecular weight is 1220 g/mol. The van der Waals surface area contributed by atoms with E-state index in [0.29, 0.717) is 0 Å². The van der Waals surface area contributed by atoms with Crippen LogP contribution in [0.4, 0.5) is 0 Å². The third-order valence-electron chi connectivity index (χ3n) is 16.1. The molecule has 1 fully saturated rings. The molecule has 24 heteroatoms. The van der Waals surface area contributed by atoms with E-state index in [1.54, 1.807) is 47.6 Å². The Hall–Kier alpha value is -6.17. The molecule has 1 saturated heterocycles. The summed E-state index contributed by atoms with van der Waals surface area (Å²) >= 11 is 0. The molecule has 0 aliphatic carbocycles. The van der Waals surface area contributed by atoms with Crippen LogP contribution in [0.15, 0.2) is 12.2 Å². The molecule has 0 aromatic rings. The molecular weight excluding hydrogens is 1110 g/mol. The van der Waals surface area contributed by atoms with Crippen molar-refractivity contribution in [3.63, 3.8) is 0 Å². The molecular formula is C62H111N11O13. The molecule has 1 aliphatic heterocycles. The van der Waals surface area contributed by atoms with Crippen LogP contribution in [0, 0.1) is 41.4 Å². The number of amides is 11. The van der Waals surface area contributed by atoms with Gasteiger partial charge in [0.2, 0.25) is 65.0 Å². The van der Waals surface area contributed by atoms with Crippen molar-refractivity contribution in [2.45, 2.75) is 216 Å². The van der Waals surface area contributed by atoms with Gasteiger partial charge in [-0.2, -0.15) is 0 Å². The summed E-state index contributed by atoms with van der Waals surface area (Å²) in [6.45, 7) is 27.0. The lowest BCUT2D eigenvalue weighted by Gasteiger charge is -2.41. The van der Waals surface area contributed by atoms with Crippen molar-refractivity contribution >= 4 is 65.0 Å². The number of likely N-dealkylation sites (N-methyl/N-ethyl adjacent to an activating group) is 7. The van der Waals surface area contributed by atoms with Gasteiger partial charge in [-0.25, -0.2) is 0 Å². The second-order valence-electron chi connectivity index (χ2n) is 26.2. The number of hydrogen-bond donors (Lipinski definition) is 6. The number of hydrogen-bond acceptors (Lipinski definition) is 13. The van der Waals surface area contributed by atoms with Crippen LogP contribution in [0.25, 0.3) is 0 Å². The van der Waals surface area contributed by atoms with Gasteiger partial charge in [-0.05, 0) is 93.8 Å². The van der Waals surface area contributed by atoms with Crippen LogP contribution in [0.5, 0.6) is 0 Å². The molecule has 24 nitrogen and oxygen atoms in total. The molecule has 6 N–H and O–H groups in total. The standard InChI is InChI=1S/C62H111N11O13/c1-24-43-58(82)67(17)33-48(75)68(18)44(29-34(2)3)55(79)66-49(38(10)11)61(85)69(19)45(30-35(4)5)54(78)63-41(15)53(77)64-42(16)57(81)70(20)46(31-36(6)7)59(83)71(21)47(32-37(8)9)60(84)72(22)50(39(12)13)62(86)73(23)51(56(80)65-43)52(76)40(14)27-25-26-28-74/h25-26,34-47,49-52,74,76H,24,27-33H2,1-23H3,(H,63,78)(H,64,77)(H,65,80)(H,66,79)/t40-,41+,42-,43+,44+,45+,46+,47+,49+,50+,51+,52-/m1/s1. The summed E-state index contributed by atoms with van der Waals surface area (Å²) in [5, 5.41) is 32.5. The van der Waals surface area contributed by atoms with Crippen molar-refractivity contribution in [2.75, 3.05) is 62.5 Å². The first kappa shape index (κ1) is 77.8. The largest absolute Gasteiger partial charge is 0.392 e. The Morgan fingerprint density at radius 1 is 0.453 bits per heavy atom. The third-order valence-corrected chi connectivity index (χ3v) is 16.1. The van der Waals surface area contributed by atoms with Crippen molar-refractivity contribution in [1.29, 1.82) is 0 Å². The Morgan fingerprint density at radius 3 is 1.33 bits per heavy atom. The molecule has 492 valence electrons. The Kier molecular flexibility index (Phi) is 32.2. The highest BCUT2D eigenvalue weighted by atomic mass is 16.3. The van der Waals surface area contributed by atoms with Crippen LogP contribution >= 0.6 is 0 Å². The zero-order valence-electron chi connectivity index (χ0n) is 56.2. The van der Waals surface area contributed by atoms with E-state index < -0.39 is 156 Å². The first-order valence-electron chi connectivity index (χ1n) is 30.7. The fraction of sp³-hybridized carbons (Fsp3) is 0.790. The Labute approximate surface area is 513 Å². The Bertz CT molecular complexity index is 2350. The maximum absolute atomic E-state index is 15.1. The van der Waals surface area contributed by atoms with E-state index in [0.717, 1.165) is 9.80 Å². The monoisotopic (exact) mass is 1220 g/mol. The molecule has 1 aliphatic rings. The topological polar surface area (TPSA) is 299 Å². The van der Waals surface area contributed by atoms with Crippen molar-refractivity contribution < 1.29 is 63.0 Å². The first-order valence-corrected chi connectivity index (χ1v) is 30.7. The molecule has 0 bridgehead atoms. The molecule has 1 rings (SSSR count). The molecule has 0 aromatic heterocycles. The number of carbonyl (C=O) groups excluding carboxylic acids is 11. The zero-order valence-corrected chi connectivity index (χ0v) is 56.2. The van der Waals surface area contributed by atoms with Crippen molar-refractivity contribution in [1.82, 2.24) is 55.6 Å². The van der Waals surface area contributed by atoms with E-state index in [2.05, 4.69) is 21.3 Å². The summed E-state index contributed by atoms with van der Waals surface area (Å²) in [5.74, 6) is -10.1. The molecule has 0 unspecified atom stereocenters. The number of allylic oxidation sites excluding steroid dienone is 1. The van der Waals surface area contributed by atoms with Crippen LogP contribution in [0.1, 0.15) is 149 Å². The van der Waals surface area contributed by atoms with Gasteiger partial charge in [-0.3, -0.25) is 52.7 Å². The van der Waals surface area contributed by atoms with Crippen molar-refractivity contribution in [3.05, 3.63) is 12.2 Å². The van der Waals surface area contributed by atoms with Gasteiger partial charge in [-0.15, -0.1) is 0 Å². The van der Waals surface area contributed by atoms with Gasteiger partial charge in [0, 0.05) is 49.3 Å². The highest BCUT2D eigenvalue weighted by Crippen LogP contribution is 2.26. The van der Waals surface area contributed by atoms with E-state index in [1.165, 1.54) is 93.8 Å². The minimum Gasteiger partial charge on any atom is -0.392 e. The fourth-order valence-corrected chi connectivity index (χ4v) is 10.7. The number of nitrogens with one attached hydrogen (secondary N) is 4. The SMILES string of the molecule is CC[C@@H]1NC(=O)[C@H]([C@H](O)[C@H](C)CC=CCO)N(C)C(=O)[C@H](C(C)C)N(C)C(=O)[C@H](CC(C)C)N(C)C(=O)[C@H](CC(C)C)N(C)C(=O)[C@@H](C)NC(=O)[C@H](C)NC(=O)[C@H](CC(C)C)N(C)C(=O)[C@H](C(C)C)NC(=O)[C@H](CC(C)C)N(C)C(=O)CN(C)C1=O. The molecule has 0 spiro atoms. The predicted octanol–water partition coefficient (Wildman–Crippen LogP) is 2.24. The summed E-state index contributed by atoms with van der Waals surface area (Å²) in [5.41, 5.74) is 0. The summed E-state index contributed by atoms with van der Waals surface area (Å²) in [7, 11) is 9.80. The summed E-state index contributed by atoms with van der Waals surface area (Å²) in [4.78, 5) is 168. The van der Waals surface area contributed by atoms with Crippen LogP contribution in [0.3, 0.4) is 0 Å².